The molecule has 0 spiro atoms. The van der Waals surface area contributed by atoms with E-state index in [9.17, 15) is 4.79 Å². The van der Waals surface area contributed by atoms with Crippen LogP contribution in [0.15, 0.2) is 13.6 Å². The standard InChI is InChI=1S/C6H7O4/c1-4-5(3-8-2)10-6(7)9-4/h3H,1-2H3. The Labute approximate surface area is 57.4 Å². The van der Waals surface area contributed by atoms with E-state index in [4.69, 9.17) is 0 Å². The Balaban J connectivity index is 2.92. The molecule has 55 valence electrons. The van der Waals surface area contributed by atoms with Gasteiger partial charge in [-0.25, -0.2) is 4.79 Å². The summed E-state index contributed by atoms with van der Waals surface area (Å²) >= 11 is 0. The van der Waals surface area contributed by atoms with Gasteiger partial charge < -0.3 is 13.6 Å². The zero-order chi connectivity index (χ0) is 7.56. The van der Waals surface area contributed by atoms with E-state index < -0.39 is 5.82 Å². The van der Waals surface area contributed by atoms with Gasteiger partial charge in [-0.1, -0.05) is 0 Å². The highest BCUT2D eigenvalue weighted by atomic mass is 16.6. The topological polar surface area (TPSA) is 52.6 Å². The molecular formula is C6H7O4. The zero-order valence-corrected chi connectivity index (χ0v) is 5.71. The van der Waals surface area contributed by atoms with Gasteiger partial charge in [0.25, 0.3) is 0 Å². The molecule has 0 atom stereocenters. The molecule has 0 fully saturated rings. The molecule has 0 amide bonds. The van der Waals surface area contributed by atoms with Crippen molar-refractivity contribution < 1.29 is 13.6 Å². The molecule has 0 N–H and O–H groups in total. The van der Waals surface area contributed by atoms with Crippen molar-refractivity contribution in [3.63, 3.8) is 0 Å². The minimum absolute atomic E-state index is 0.326. The number of methoxy groups -OCH3 is 1. The normalized spacial score (nSPS) is 10.2. The van der Waals surface area contributed by atoms with Gasteiger partial charge in [-0.05, 0) is 6.92 Å². The minimum Gasteiger partial charge on any atom is -0.396 e. The minimum atomic E-state index is -0.708. The van der Waals surface area contributed by atoms with Crippen LogP contribution in [0.5, 0.6) is 0 Å². The Morgan fingerprint density at radius 1 is 1.50 bits per heavy atom. The number of ether oxygens (including phenoxy) is 1. The van der Waals surface area contributed by atoms with E-state index in [1.165, 1.54) is 13.7 Å². The molecule has 1 radical (unpaired) electrons. The van der Waals surface area contributed by atoms with Crippen LogP contribution in [0, 0.1) is 13.5 Å². The molecule has 0 saturated carbocycles. The molecule has 0 bridgehead atoms. The SMILES string of the molecule is CO[CH]c1oc(=O)oc1C. The molecule has 0 saturated heterocycles. The number of hydrogen-bond donors (Lipinski definition) is 0. The molecular weight excluding hydrogens is 136 g/mol. The van der Waals surface area contributed by atoms with Gasteiger partial charge in [0.1, 0.15) is 5.76 Å². The van der Waals surface area contributed by atoms with Gasteiger partial charge >= 0.3 is 5.82 Å². The third kappa shape index (κ3) is 1.27. The third-order valence-electron chi connectivity index (χ3n) is 1.00. The highest BCUT2D eigenvalue weighted by molar-refractivity contribution is 5.07. The lowest BCUT2D eigenvalue weighted by atomic mass is 10.4. The molecule has 10 heavy (non-hydrogen) atoms. The zero-order valence-electron chi connectivity index (χ0n) is 5.71. The lowest BCUT2D eigenvalue weighted by Crippen LogP contribution is -1.86. The number of rotatable bonds is 2. The van der Waals surface area contributed by atoms with Crippen molar-refractivity contribution in [3.05, 3.63) is 28.7 Å². The van der Waals surface area contributed by atoms with E-state index in [-0.39, 0.29) is 0 Å². The van der Waals surface area contributed by atoms with Crippen molar-refractivity contribution in [2.45, 2.75) is 6.92 Å². The predicted octanol–water partition coefficient (Wildman–Crippen LogP) is 0.698. The summed E-state index contributed by atoms with van der Waals surface area (Å²) in [6.45, 7) is 2.93. The summed E-state index contributed by atoms with van der Waals surface area (Å²) in [7, 11) is 1.46. The smallest absolute Gasteiger partial charge is 0.396 e. The molecule has 4 heteroatoms. The first-order chi connectivity index (χ1) is 4.74. The van der Waals surface area contributed by atoms with Crippen LogP contribution < -0.4 is 5.82 Å². The average molecular weight is 143 g/mol. The van der Waals surface area contributed by atoms with Crippen LogP contribution >= 0.6 is 0 Å². The van der Waals surface area contributed by atoms with Crippen LogP contribution in [-0.2, 0) is 4.74 Å². The lowest BCUT2D eigenvalue weighted by Gasteiger charge is -1.88. The maximum Gasteiger partial charge on any atom is 0.519 e. The van der Waals surface area contributed by atoms with E-state index >= 15 is 0 Å². The molecule has 1 rings (SSSR count). The Hall–Kier alpha value is -1.03. The van der Waals surface area contributed by atoms with Crippen molar-refractivity contribution in [1.82, 2.24) is 0 Å². The maximum atomic E-state index is 10.4. The van der Waals surface area contributed by atoms with E-state index in [0.717, 1.165) is 0 Å². The second-order valence-corrected chi connectivity index (χ2v) is 1.73. The first kappa shape index (κ1) is 7.08. The summed E-state index contributed by atoms with van der Waals surface area (Å²) in [6.07, 6.45) is 0. The second-order valence-electron chi connectivity index (χ2n) is 1.73. The van der Waals surface area contributed by atoms with Gasteiger partial charge in [0.2, 0.25) is 0 Å². The van der Waals surface area contributed by atoms with E-state index in [1.807, 2.05) is 0 Å². The molecule has 0 aliphatic heterocycles. The number of hydrogen-bond acceptors (Lipinski definition) is 4. The highest BCUT2D eigenvalue weighted by Gasteiger charge is 2.06. The van der Waals surface area contributed by atoms with Crippen molar-refractivity contribution in [2.24, 2.45) is 0 Å². The monoisotopic (exact) mass is 143 g/mol. The third-order valence-corrected chi connectivity index (χ3v) is 1.00. The van der Waals surface area contributed by atoms with Crippen LogP contribution in [-0.4, -0.2) is 7.11 Å². The highest BCUT2D eigenvalue weighted by Crippen LogP contribution is 2.06. The summed E-state index contributed by atoms with van der Waals surface area (Å²) in [6, 6.07) is 0. The Kier molecular flexibility index (Phi) is 1.91. The van der Waals surface area contributed by atoms with Crippen molar-refractivity contribution in [1.29, 1.82) is 0 Å². The molecule has 0 aromatic carbocycles. The maximum absolute atomic E-state index is 10.4. The fourth-order valence-electron chi connectivity index (χ4n) is 0.572. The van der Waals surface area contributed by atoms with Crippen molar-refractivity contribution in [3.8, 4) is 0 Å². The summed E-state index contributed by atoms with van der Waals surface area (Å²) in [4.78, 5) is 10.4. The molecule has 0 aliphatic rings. The Morgan fingerprint density at radius 3 is 2.60 bits per heavy atom. The number of aryl methyl sites for hydroxylation is 1. The summed E-state index contributed by atoms with van der Waals surface area (Å²) in [5.74, 6) is 0.0418. The Bertz CT molecular complexity index is 257. The second kappa shape index (κ2) is 2.70. The van der Waals surface area contributed by atoms with E-state index in [2.05, 4.69) is 13.6 Å². The summed E-state index contributed by atoms with van der Waals surface area (Å²) < 4.78 is 13.7. The summed E-state index contributed by atoms with van der Waals surface area (Å²) in [5, 5.41) is 0. The van der Waals surface area contributed by atoms with Crippen LogP contribution in [0.4, 0.5) is 0 Å². The van der Waals surface area contributed by atoms with Crippen molar-refractivity contribution >= 4 is 0 Å². The largest absolute Gasteiger partial charge is 0.519 e. The van der Waals surface area contributed by atoms with E-state index in [0.29, 0.717) is 11.5 Å². The van der Waals surface area contributed by atoms with Crippen LogP contribution in [0.2, 0.25) is 0 Å². The van der Waals surface area contributed by atoms with Crippen LogP contribution in [0.1, 0.15) is 11.5 Å². The van der Waals surface area contributed by atoms with E-state index in [1.54, 1.807) is 6.92 Å². The summed E-state index contributed by atoms with van der Waals surface area (Å²) in [5.41, 5.74) is 0. The van der Waals surface area contributed by atoms with Gasteiger partial charge in [-0.2, -0.15) is 0 Å². The van der Waals surface area contributed by atoms with Gasteiger partial charge in [0, 0.05) is 7.11 Å². The molecule has 1 aromatic rings. The van der Waals surface area contributed by atoms with Crippen molar-refractivity contribution in [2.75, 3.05) is 7.11 Å². The quantitative estimate of drug-likeness (QED) is 0.611. The van der Waals surface area contributed by atoms with Gasteiger partial charge in [0.05, 0.1) is 0 Å². The first-order valence-electron chi connectivity index (χ1n) is 2.70. The lowest BCUT2D eigenvalue weighted by molar-refractivity contribution is 0.268. The molecule has 0 aliphatic carbocycles. The van der Waals surface area contributed by atoms with Crippen LogP contribution in [0.3, 0.4) is 0 Å². The molecule has 4 nitrogen and oxygen atoms in total. The first-order valence-corrected chi connectivity index (χ1v) is 2.70. The molecule has 1 aromatic heterocycles. The van der Waals surface area contributed by atoms with Gasteiger partial charge in [-0.3, -0.25) is 0 Å². The molecule has 0 unspecified atom stereocenters. The van der Waals surface area contributed by atoms with Gasteiger partial charge in [0.15, 0.2) is 12.4 Å². The Morgan fingerprint density at radius 2 is 2.20 bits per heavy atom. The predicted molar refractivity (Wildman–Crippen MR) is 32.4 cm³/mol. The fraction of sp³-hybridized carbons (Fsp3) is 0.333. The van der Waals surface area contributed by atoms with Gasteiger partial charge in [-0.15, -0.1) is 0 Å². The molecule has 1 heterocycles. The van der Waals surface area contributed by atoms with Crippen LogP contribution in [0.25, 0.3) is 0 Å². The fourth-order valence-corrected chi connectivity index (χ4v) is 0.572. The average Bonchev–Trinajstić information content (AvgIpc) is 2.13.